The van der Waals surface area contributed by atoms with Crippen molar-refractivity contribution in [3.05, 3.63) is 35.6 Å². The van der Waals surface area contributed by atoms with Gasteiger partial charge in [0.2, 0.25) is 0 Å². The van der Waals surface area contributed by atoms with Crippen molar-refractivity contribution in [3.8, 4) is 0 Å². The maximum Gasteiger partial charge on any atom is 0.134 e. The zero-order chi connectivity index (χ0) is 15.3. The average molecular weight is 291 g/mol. The molecule has 1 N–H and O–H groups in total. The van der Waals surface area contributed by atoms with Crippen LogP contribution < -0.4 is 5.32 Å². The summed E-state index contributed by atoms with van der Waals surface area (Å²) in [6.07, 6.45) is 0. The molecule has 1 heterocycles. The summed E-state index contributed by atoms with van der Waals surface area (Å²) in [5.41, 5.74) is 1.91. The maximum absolute atomic E-state index is 5.88. The molecule has 0 amide bonds. The number of nitrogens with one attached hydrogen (secondary N) is 1. The third-order valence-electron chi connectivity index (χ3n) is 3.13. The Morgan fingerprint density at radius 3 is 2.62 bits per heavy atom. The molecule has 1 aromatic heterocycles. The lowest BCUT2D eigenvalue weighted by atomic mass is 10.1. The lowest BCUT2D eigenvalue weighted by Crippen LogP contribution is -2.21. The Morgan fingerprint density at radius 1 is 1.14 bits per heavy atom. The van der Waals surface area contributed by atoms with Crippen LogP contribution in [-0.4, -0.2) is 25.9 Å². The minimum atomic E-state index is -0.122. The molecule has 0 aliphatic rings. The van der Waals surface area contributed by atoms with Gasteiger partial charge in [-0.25, -0.2) is 0 Å². The van der Waals surface area contributed by atoms with Crippen LogP contribution in [0, 0.1) is 0 Å². The molecular weight excluding hydrogens is 266 g/mol. The molecule has 0 spiro atoms. The van der Waals surface area contributed by atoms with Gasteiger partial charge in [-0.05, 0) is 33.9 Å². The summed E-state index contributed by atoms with van der Waals surface area (Å²) >= 11 is 0. The van der Waals surface area contributed by atoms with Crippen LogP contribution in [0.15, 0.2) is 28.7 Å². The van der Waals surface area contributed by atoms with Crippen molar-refractivity contribution in [1.82, 2.24) is 5.32 Å². The Hall–Kier alpha value is -1.36. The van der Waals surface area contributed by atoms with E-state index in [2.05, 4.69) is 11.4 Å². The number of rotatable bonds is 7. The first kappa shape index (κ1) is 16.0. The lowest BCUT2D eigenvalue weighted by Gasteiger charge is -2.19. The average Bonchev–Trinajstić information content (AvgIpc) is 2.76. The van der Waals surface area contributed by atoms with E-state index in [0.29, 0.717) is 26.4 Å². The van der Waals surface area contributed by atoms with Crippen LogP contribution in [0.25, 0.3) is 11.0 Å². The Kier molecular flexibility index (Phi) is 5.39. The quantitative estimate of drug-likeness (QED) is 0.793. The number of fused-ring (bicyclic) bond motifs is 1. The predicted octanol–water partition coefficient (Wildman–Crippen LogP) is 3.48. The second-order valence-corrected chi connectivity index (χ2v) is 6.04. The van der Waals surface area contributed by atoms with E-state index in [-0.39, 0.29) is 5.60 Å². The molecule has 0 unspecified atom stereocenters. The highest BCUT2D eigenvalue weighted by atomic mass is 16.5. The molecule has 4 nitrogen and oxygen atoms in total. The molecule has 0 fully saturated rings. The van der Waals surface area contributed by atoms with Crippen molar-refractivity contribution >= 4 is 11.0 Å². The minimum Gasteiger partial charge on any atom is -0.459 e. The van der Waals surface area contributed by atoms with Gasteiger partial charge in [0, 0.05) is 10.9 Å². The topological polar surface area (TPSA) is 43.6 Å². The molecule has 0 aliphatic carbocycles. The molecule has 0 saturated carbocycles. The smallest absolute Gasteiger partial charge is 0.134 e. The number of furan rings is 1. The number of hydrogen-bond acceptors (Lipinski definition) is 4. The molecule has 2 rings (SSSR count). The zero-order valence-corrected chi connectivity index (χ0v) is 13.4. The predicted molar refractivity (Wildman–Crippen MR) is 84.3 cm³/mol. The summed E-state index contributed by atoms with van der Waals surface area (Å²) in [6.45, 7) is 8.55. The number of hydrogen-bond donors (Lipinski definition) is 1. The number of ether oxygens (including phenoxy) is 2. The SMILES string of the molecule is CNCc1oc2ccccc2c1COCCOC(C)(C)C. The van der Waals surface area contributed by atoms with Crippen LogP contribution in [-0.2, 0) is 22.6 Å². The fourth-order valence-electron chi connectivity index (χ4n) is 2.19. The van der Waals surface area contributed by atoms with Crippen molar-refractivity contribution in [2.75, 3.05) is 20.3 Å². The highest BCUT2D eigenvalue weighted by Gasteiger charge is 2.14. The first-order chi connectivity index (χ1) is 10.0. The summed E-state index contributed by atoms with van der Waals surface area (Å²) in [5.74, 6) is 0.940. The van der Waals surface area contributed by atoms with Gasteiger partial charge in [0.25, 0.3) is 0 Å². The first-order valence-electron chi connectivity index (χ1n) is 7.37. The number of para-hydroxylation sites is 1. The van der Waals surface area contributed by atoms with Gasteiger partial charge < -0.3 is 19.2 Å². The monoisotopic (exact) mass is 291 g/mol. The van der Waals surface area contributed by atoms with Crippen molar-refractivity contribution in [2.24, 2.45) is 0 Å². The van der Waals surface area contributed by atoms with Gasteiger partial charge in [-0.2, -0.15) is 0 Å². The van der Waals surface area contributed by atoms with Crippen LogP contribution in [0.5, 0.6) is 0 Å². The summed E-state index contributed by atoms with van der Waals surface area (Å²) in [5, 5.41) is 4.26. The molecule has 0 aliphatic heterocycles. The fraction of sp³-hybridized carbons (Fsp3) is 0.529. The molecule has 4 heteroatoms. The van der Waals surface area contributed by atoms with Gasteiger partial charge in [0.1, 0.15) is 11.3 Å². The summed E-state index contributed by atoms with van der Waals surface area (Å²) in [7, 11) is 1.91. The van der Waals surface area contributed by atoms with E-state index in [1.54, 1.807) is 0 Å². The third kappa shape index (κ3) is 4.56. The van der Waals surface area contributed by atoms with Gasteiger partial charge in [-0.3, -0.25) is 0 Å². The maximum atomic E-state index is 5.88. The second-order valence-electron chi connectivity index (χ2n) is 6.04. The van der Waals surface area contributed by atoms with Gasteiger partial charge in [0.05, 0.1) is 32.0 Å². The number of benzene rings is 1. The van der Waals surface area contributed by atoms with Crippen molar-refractivity contribution in [2.45, 2.75) is 39.5 Å². The Labute approximate surface area is 126 Å². The minimum absolute atomic E-state index is 0.122. The molecule has 0 atom stereocenters. The van der Waals surface area contributed by atoms with Crippen LogP contribution >= 0.6 is 0 Å². The summed E-state index contributed by atoms with van der Waals surface area (Å²) < 4.78 is 17.3. The van der Waals surface area contributed by atoms with E-state index in [1.807, 2.05) is 46.0 Å². The zero-order valence-electron chi connectivity index (χ0n) is 13.4. The first-order valence-corrected chi connectivity index (χ1v) is 7.37. The van der Waals surface area contributed by atoms with E-state index in [9.17, 15) is 0 Å². The van der Waals surface area contributed by atoms with Crippen molar-refractivity contribution < 1.29 is 13.9 Å². The Bertz CT molecular complexity index is 569. The van der Waals surface area contributed by atoms with E-state index in [1.165, 1.54) is 0 Å². The second kappa shape index (κ2) is 7.07. The van der Waals surface area contributed by atoms with E-state index >= 15 is 0 Å². The van der Waals surface area contributed by atoms with Gasteiger partial charge in [-0.1, -0.05) is 18.2 Å². The van der Waals surface area contributed by atoms with E-state index in [4.69, 9.17) is 13.9 Å². The largest absolute Gasteiger partial charge is 0.459 e. The molecule has 2 aromatic rings. The molecule has 21 heavy (non-hydrogen) atoms. The van der Waals surface area contributed by atoms with Crippen molar-refractivity contribution in [1.29, 1.82) is 0 Å². The summed E-state index contributed by atoms with van der Waals surface area (Å²) in [4.78, 5) is 0. The molecule has 0 saturated heterocycles. The third-order valence-corrected chi connectivity index (χ3v) is 3.13. The van der Waals surface area contributed by atoms with E-state index < -0.39 is 0 Å². The standard InChI is InChI=1S/C17H25NO3/c1-17(2,3)20-10-9-19-12-14-13-7-5-6-8-15(13)21-16(14)11-18-4/h5-8,18H,9-12H2,1-4H3. The Balaban J connectivity index is 1.98. The highest BCUT2D eigenvalue weighted by molar-refractivity contribution is 5.82. The van der Waals surface area contributed by atoms with Gasteiger partial charge in [-0.15, -0.1) is 0 Å². The van der Waals surface area contributed by atoms with Gasteiger partial charge in [0.15, 0.2) is 0 Å². The molecule has 1 aromatic carbocycles. The molecule has 0 bridgehead atoms. The van der Waals surface area contributed by atoms with Crippen LogP contribution in [0.4, 0.5) is 0 Å². The van der Waals surface area contributed by atoms with Crippen molar-refractivity contribution in [3.63, 3.8) is 0 Å². The fourth-order valence-corrected chi connectivity index (χ4v) is 2.19. The van der Waals surface area contributed by atoms with Crippen LogP contribution in [0.3, 0.4) is 0 Å². The summed E-state index contributed by atoms with van der Waals surface area (Å²) in [6, 6.07) is 8.06. The van der Waals surface area contributed by atoms with Crippen LogP contribution in [0.2, 0.25) is 0 Å². The molecule has 116 valence electrons. The lowest BCUT2D eigenvalue weighted by molar-refractivity contribution is -0.0377. The molecular formula is C17H25NO3. The van der Waals surface area contributed by atoms with Gasteiger partial charge >= 0.3 is 0 Å². The highest BCUT2D eigenvalue weighted by Crippen LogP contribution is 2.26. The normalized spacial score (nSPS) is 12.2. The Morgan fingerprint density at radius 2 is 1.90 bits per heavy atom. The van der Waals surface area contributed by atoms with Crippen LogP contribution in [0.1, 0.15) is 32.1 Å². The van der Waals surface area contributed by atoms with E-state index in [0.717, 1.165) is 22.3 Å². The molecule has 0 radical (unpaired) electrons.